The highest BCUT2D eigenvalue weighted by atomic mass is 79.9. The summed E-state index contributed by atoms with van der Waals surface area (Å²) >= 11 is 3.33. The van der Waals surface area contributed by atoms with E-state index in [1.54, 1.807) is 21.8 Å². The van der Waals surface area contributed by atoms with Crippen LogP contribution < -0.4 is 0 Å². The van der Waals surface area contributed by atoms with Crippen LogP contribution in [0.3, 0.4) is 0 Å². The second kappa shape index (κ2) is 6.70. The molecule has 0 N–H and O–H groups in total. The lowest BCUT2D eigenvalue weighted by Gasteiger charge is -2.19. The fourth-order valence-electron chi connectivity index (χ4n) is 2.51. The molecular weight excluding hydrogens is 355 g/mol. The molecule has 1 amide bonds. The minimum Gasteiger partial charge on any atom is -0.380 e. The highest BCUT2D eigenvalue weighted by Gasteiger charge is 2.20. The van der Waals surface area contributed by atoms with Crippen LogP contribution >= 0.6 is 15.9 Å². The van der Waals surface area contributed by atoms with Crippen molar-refractivity contribution in [1.29, 1.82) is 0 Å². The molecule has 0 aromatic carbocycles. The first-order valence-electron chi connectivity index (χ1n) is 7.16. The number of aryl methyl sites for hydroxylation is 1. The first-order valence-corrected chi connectivity index (χ1v) is 7.95. The Bertz CT molecular complexity index is 683. The normalized spacial score (nSPS) is 16.0. The molecule has 0 atom stereocenters. The number of aromatic nitrogens is 3. The van der Waals surface area contributed by atoms with Crippen molar-refractivity contribution >= 4 is 32.7 Å². The molecule has 0 bridgehead atoms. The minimum absolute atomic E-state index is 0.128. The molecule has 0 unspecified atom stereocenters. The van der Waals surface area contributed by atoms with Crippen LogP contribution in [0.15, 0.2) is 16.9 Å². The highest BCUT2D eigenvalue weighted by molar-refractivity contribution is 9.10. The fraction of sp³-hybridized carbons (Fsp3) is 0.500. The summed E-state index contributed by atoms with van der Waals surface area (Å²) in [6.45, 7) is 2.07. The second-order valence-corrected chi connectivity index (χ2v) is 5.80. The summed E-state index contributed by atoms with van der Waals surface area (Å²) in [6, 6.07) is 1.68. The quantitative estimate of drug-likeness (QED) is 0.829. The lowest BCUT2D eigenvalue weighted by atomic mass is 10.2. The van der Waals surface area contributed by atoms with Gasteiger partial charge in [-0.15, -0.1) is 0 Å². The number of amides is 1. The van der Waals surface area contributed by atoms with Gasteiger partial charge in [-0.05, 0) is 28.4 Å². The van der Waals surface area contributed by atoms with Gasteiger partial charge >= 0.3 is 0 Å². The Labute approximate surface area is 135 Å². The van der Waals surface area contributed by atoms with Crippen LogP contribution in [-0.2, 0) is 11.3 Å². The summed E-state index contributed by atoms with van der Waals surface area (Å²) in [5.74, 6) is -0.128. The van der Waals surface area contributed by atoms with Crippen molar-refractivity contribution in [2.45, 2.75) is 13.0 Å². The molecule has 22 heavy (non-hydrogen) atoms. The van der Waals surface area contributed by atoms with E-state index >= 15 is 0 Å². The summed E-state index contributed by atoms with van der Waals surface area (Å²) < 4.78 is 20.1. The summed E-state index contributed by atoms with van der Waals surface area (Å²) in [5.41, 5.74) is 1.05. The number of alkyl halides is 1. The van der Waals surface area contributed by atoms with Gasteiger partial charge in [-0.3, -0.25) is 14.5 Å². The van der Waals surface area contributed by atoms with Crippen molar-refractivity contribution in [1.82, 2.24) is 19.7 Å². The summed E-state index contributed by atoms with van der Waals surface area (Å²) in [7, 11) is 0. The largest absolute Gasteiger partial charge is 0.380 e. The topological polar surface area (TPSA) is 60.2 Å². The van der Waals surface area contributed by atoms with E-state index in [1.807, 2.05) is 0 Å². The molecular formula is C14H16BrFN4O2. The first-order chi connectivity index (χ1) is 10.7. The van der Waals surface area contributed by atoms with Gasteiger partial charge in [0.15, 0.2) is 0 Å². The smallest absolute Gasteiger partial charge is 0.272 e. The Balaban J connectivity index is 1.93. The molecule has 1 saturated heterocycles. The van der Waals surface area contributed by atoms with Gasteiger partial charge < -0.3 is 9.64 Å². The molecule has 3 rings (SSSR count). The maximum Gasteiger partial charge on any atom is 0.272 e. The zero-order valence-electron chi connectivity index (χ0n) is 12.0. The number of ether oxygens (including phenoxy) is 1. The summed E-state index contributed by atoms with van der Waals surface area (Å²) in [6.07, 6.45) is 2.42. The van der Waals surface area contributed by atoms with Gasteiger partial charge in [0, 0.05) is 25.9 Å². The van der Waals surface area contributed by atoms with Crippen LogP contribution in [0.1, 0.15) is 16.9 Å². The van der Waals surface area contributed by atoms with Gasteiger partial charge in [0.1, 0.15) is 17.0 Å². The third-order valence-corrected chi connectivity index (χ3v) is 4.20. The molecule has 2 aromatic heterocycles. The lowest BCUT2D eigenvalue weighted by Crippen LogP contribution is -2.33. The minimum atomic E-state index is -0.516. The van der Waals surface area contributed by atoms with E-state index < -0.39 is 6.67 Å². The summed E-state index contributed by atoms with van der Waals surface area (Å²) in [5, 5.41) is 4.98. The third kappa shape index (κ3) is 2.98. The zero-order chi connectivity index (χ0) is 15.5. The first kappa shape index (κ1) is 15.4. The highest BCUT2D eigenvalue weighted by Crippen LogP contribution is 2.23. The molecule has 0 radical (unpaired) electrons. The standard InChI is InChI=1S/C14H16BrFN4O2/c15-13-10-9-17-11(8-12(10)20(18-13)4-2-16)14(21)19-3-1-6-22-7-5-19/h8-9H,1-7H2. The van der Waals surface area contributed by atoms with Crippen molar-refractivity contribution in [2.24, 2.45) is 0 Å². The molecule has 1 fully saturated rings. The van der Waals surface area contributed by atoms with Crippen LogP contribution in [0.2, 0.25) is 0 Å². The molecule has 2 aromatic rings. The molecule has 1 aliphatic rings. The summed E-state index contributed by atoms with van der Waals surface area (Å²) in [4.78, 5) is 18.5. The van der Waals surface area contributed by atoms with E-state index in [2.05, 4.69) is 26.0 Å². The molecule has 6 nitrogen and oxygen atoms in total. The van der Waals surface area contributed by atoms with Gasteiger partial charge in [-0.2, -0.15) is 5.10 Å². The average Bonchev–Trinajstić information content (AvgIpc) is 2.73. The number of pyridine rings is 1. The van der Waals surface area contributed by atoms with E-state index in [1.165, 1.54) is 0 Å². The third-order valence-electron chi connectivity index (χ3n) is 3.62. The molecule has 118 valence electrons. The molecule has 0 saturated carbocycles. The molecule has 8 heteroatoms. The van der Waals surface area contributed by atoms with Crippen LogP contribution in [0, 0.1) is 0 Å². The van der Waals surface area contributed by atoms with Gasteiger partial charge in [0.2, 0.25) is 0 Å². The number of halogens is 2. The Morgan fingerprint density at radius 3 is 3.09 bits per heavy atom. The maximum absolute atomic E-state index is 12.6. The lowest BCUT2D eigenvalue weighted by molar-refractivity contribution is 0.0735. The number of carbonyl (C=O) groups excluding carboxylic acids is 1. The van der Waals surface area contributed by atoms with Crippen LogP contribution in [-0.4, -0.2) is 58.5 Å². The Hall–Kier alpha value is -1.54. The van der Waals surface area contributed by atoms with Gasteiger partial charge in [-0.1, -0.05) is 0 Å². The van der Waals surface area contributed by atoms with Gasteiger partial charge in [0.05, 0.1) is 24.1 Å². The number of hydrogen-bond donors (Lipinski definition) is 0. The van der Waals surface area contributed by atoms with Crippen molar-refractivity contribution in [2.75, 3.05) is 33.0 Å². The van der Waals surface area contributed by atoms with E-state index in [0.29, 0.717) is 42.1 Å². The number of hydrogen-bond acceptors (Lipinski definition) is 4. The number of nitrogens with zero attached hydrogens (tertiary/aromatic N) is 4. The second-order valence-electron chi connectivity index (χ2n) is 5.05. The Morgan fingerprint density at radius 1 is 1.41 bits per heavy atom. The van der Waals surface area contributed by atoms with Crippen LogP contribution in [0.4, 0.5) is 4.39 Å². The van der Waals surface area contributed by atoms with Gasteiger partial charge in [0.25, 0.3) is 5.91 Å². The van der Waals surface area contributed by atoms with Crippen molar-refractivity contribution in [3.05, 3.63) is 22.6 Å². The van der Waals surface area contributed by atoms with Crippen molar-refractivity contribution < 1.29 is 13.9 Å². The van der Waals surface area contributed by atoms with Crippen LogP contribution in [0.25, 0.3) is 10.9 Å². The van der Waals surface area contributed by atoms with Crippen LogP contribution in [0.5, 0.6) is 0 Å². The predicted octanol–water partition coefficient (Wildman–Crippen LogP) is 2.03. The average molecular weight is 371 g/mol. The van der Waals surface area contributed by atoms with E-state index in [4.69, 9.17) is 4.74 Å². The molecule has 0 aliphatic carbocycles. The fourth-order valence-corrected chi connectivity index (χ4v) is 3.01. The molecule has 1 aliphatic heterocycles. The number of fused-ring (bicyclic) bond motifs is 1. The molecule has 3 heterocycles. The number of rotatable bonds is 3. The van der Waals surface area contributed by atoms with Gasteiger partial charge in [-0.25, -0.2) is 4.39 Å². The Kier molecular flexibility index (Phi) is 4.68. The van der Waals surface area contributed by atoms with E-state index in [-0.39, 0.29) is 12.5 Å². The van der Waals surface area contributed by atoms with Crippen molar-refractivity contribution in [3.8, 4) is 0 Å². The zero-order valence-corrected chi connectivity index (χ0v) is 13.6. The van der Waals surface area contributed by atoms with Crippen molar-refractivity contribution in [3.63, 3.8) is 0 Å². The van der Waals surface area contributed by atoms with E-state index in [0.717, 1.165) is 11.8 Å². The maximum atomic E-state index is 12.6. The Morgan fingerprint density at radius 2 is 2.27 bits per heavy atom. The molecule has 0 spiro atoms. The van der Waals surface area contributed by atoms with E-state index in [9.17, 15) is 9.18 Å². The predicted molar refractivity (Wildman–Crippen MR) is 82.5 cm³/mol. The SMILES string of the molecule is O=C(c1cc2c(cn1)c(Br)nn2CCF)N1CCCOCC1. The monoisotopic (exact) mass is 370 g/mol. The number of carbonyl (C=O) groups is 1.